The molecule has 0 radical (unpaired) electrons. The van der Waals surface area contributed by atoms with Crippen molar-refractivity contribution in [2.45, 2.75) is 26.9 Å². The van der Waals surface area contributed by atoms with E-state index in [-0.39, 0.29) is 12.1 Å². The van der Waals surface area contributed by atoms with Crippen molar-refractivity contribution in [2.24, 2.45) is 0 Å². The van der Waals surface area contributed by atoms with E-state index in [4.69, 9.17) is 9.47 Å². The molecule has 0 saturated carbocycles. The topological polar surface area (TPSA) is 35.5 Å². The van der Waals surface area contributed by atoms with Crippen molar-refractivity contribution in [2.75, 3.05) is 0 Å². The molecule has 0 heterocycles. The zero-order valence-corrected chi connectivity index (χ0v) is 15.1. The van der Waals surface area contributed by atoms with Gasteiger partial charge in [0.05, 0.1) is 11.7 Å². The van der Waals surface area contributed by atoms with E-state index in [9.17, 15) is 4.79 Å². The molecule has 0 saturated heterocycles. The lowest BCUT2D eigenvalue weighted by molar-refractivity contribution is 0.0734. The number of esters is 1. The van der Waals surface area contributed by atoms with Gasteiger partial charge in [-0.25, -0.2) is 4.79 Å². The second kappa shape index (κ2) is 7.76. The molecule has 0 aliphatic heterocycles. The minimum absolute atomic E-state index is 0.102. The van der Waals surface area contributed by atoms with Crippen LogP contribution in [0.2, 0.25) is 0 Å². The normalized spacial score (nSPS) is 10.3. The third kappa shape index (κ3) is 4.23. The quantitative estimate of drug-likeness (QED) is 0.370. The van der Waals surface area contributed by atoms with E-state index in [1.807, 2.05) is 51.1 Å². The van der Waals surface area contributed by atoms with Crippen LogP contribution in [0.15, 0.2) is 60.7 Å². The number of rotatable bonds is 4. The molecule has 3 rings (SSSR count). The van der Waals surface area contributed by atoms with Crippen LogP contribution in [0.3, 0.4) is 0 Å². The lowest BCUT2D eigenvalue weighted by Crippen LogP contribution is -2.09. The van der Waals surface area contributed by atoms with E-state index in [1.165, 1.54) is 0 Å². The molecule has 0 aliphatic carbocycles. The van der Waals surface area contributed by atoms with Crippen LogP contribution < -0.4 is 9.47 Å². The highest BCUT2D eigenvalue weighted by Gasteiger charge is 2.10. The number of benzene rings is 3. The lowest BCUT2D eigenvalue weighted by Gasteiger charge is -2.10. The summed E-state index contributed by atoms with van der Waals surface area (Å²) in [5, 5.41) is 2.01. The lowest BCUT2D eigenvalue weighted by atomic mass is 10.0. The molecule has 26 heavy (non-hydrogen) atoms. The van der Waals surface area contributed by atoms with E-state index in [0.717, 1.165) is 22.1 Å². The van der Waals surface area contributed by atoms with Crippen molar-refractivity contribution in [3.05, 3.63) is 71.8 Å². The highest BCUT2D eigenvalue weighted by Crippen LogP contribution is 2.22. The summed E-state index contributed by atoms with van der Waals surface area (Å²) in [6.45, 7) is 5.74. The second-order valence-corrected chi connectivity index (χ2v) is 6.18. The summed E-state index contributed by atoms with van der Waals surface area (Å²) in [7, 11) is 0. The Morgan fingerprint density at radius 2 is 1.54 bits per heavy atom. The predicted molar refractivity (Wildman–Crippen MR) is 104 cm³/mol. The van der Waals surface area contributed by atoms with Crippen LogP contribution in [0, 0.1) is 11.8 Å². The zero-order chi connectivity index (χ0) is 18.5. The van der Waals surface area contributed by atoms with Crippen molar-refractivity contribution in [3.8, 4) is 23.3 Å². The highest BCUT2D eigenvalue weighted by atomic mass is 16.5. The summed E-state index contributed by atoms with van der Waals surface area (Å²) in [5.74, 6) is 6.77. The van der Waals surface area contributed by atoms with E-state index in [1.54, 1.807) is 30.3 Å². The van der Waals surface area contributed by atoms with Gasteiger partial charge in [-0.15, -0.1) is 5.92 Å². The Morgan fingerprint density at radius 3 is 2.23 bits per heavy atom. The van der Waals surface area contributed by atoms with E-state index < -0.39 is 0 Å². The van der Waals surface area contributed by atoms with Crippen LogP contribution in [-0.4, -0.2) is 12.1 Å². The van der Waals surface area contributed by atoms with Gasteiger partial charge in [-0.05, 0) is 80.1 Å². The Morgan fingerprint density at radius 1 is 0.885 bits per heavy atom. The fourth-order valence-electron chi connectivity index (χ4n) is 2.62. The third-order valence-corrected chi connectivity index (χ3v) is 3.75. The fraction of sp³-hybridized carbons (Fsp3) is 0.174. The third-order valence-electron chi connectivity index (χ3n) is 3.75. The van der Waals surface area contributed by atoms with Gasteiger partial charge in [0.1, 0.15) is 11.5 Å². The Kier molecular flexibility index (Phi) is 5.24. The van der Waals surface area contributed by atoms with Gasteiger partial charge in [-0.3, -0.25) is 0 Å². The molecule has 130 valence electrons. The van der Waals surface area contributed by atoms with Gasteiger partial charge in [-0.2, -0.15) is 0 Å². The van der Waals surface area contributed by atoms with Crippen LogP contribution >= 0.6 is 0 Å². The highest BCUT2D eigenvalue weighted by molar-refractivity contribution is 5.96. The first kappa shape index (κ1) is 17.6. The first-order valence-corrected chi connectivity index (χ1v) is 8.50. The summed E-state index contributed by atoms with van der Waals surface area (Å²) in [4.78, 5) is 12.4. The van der Waals surface area contributed by atoms with Gasteiger partial charge in [0.25, 0.3) is 0 Å². The first-order valence-electron chi connectivity index (χ1n) is 8.50. The molecule has 0 aliphatic rings. The maximum atomic E-state index is 12.4. The van der Waals surface area contributed by atoms with Crippen LogP contribution in [0.4, 0.5) is 0 Å². The number of ether oxygens (including phenoxy) is 2. The molecule has 0 unspecified atom stereocenters. The molecule has 3 nitrogen and oxygen atoms in total. The number of hydrogen-bond donors (Lipinski definition) is 0. The number of carbonyl (C=O) groups is 1. The SMILES string of the molecule is CC#Cc1ccc2cc(C(=O)Oc3ccc(OC(C)C)cc3)ccc2c1. The Hall–Kier alpha value is -3.25. The van der Waals surface area contributed by atoms with Gasteiger partial charge in [0.2, 0.25) is 0 Å². The molecule has 0 amide bonds. The summed E-state index contributed by atoms with van der Waals surface area (Å²) in [5.41, 5.74) is 1.47. The van der Waals surface area contributed by atoms with Crippen LogP contribution in [0.1, 0.15) is 36.7 Å². The maximum Gasteiger partial charge on any atom is 0.343 e. The largest absolute Gasteiger partial charge is 0.491 e. The van der Waals surface area contributed by atoms with E-state index in [2.05, 4.69) is 11.8 Å². The molecule has 0 aromatic heterocycles. The predicted octanol–water partition coefficient (Wildman–Crippen LogP) is 5.22. The summed E-state index contributed by atoms with van der Waals surface area (Å²) in [6, 6.07) is 18.5. The minimum atomic E-state index is -0.387. The average Bonchev–Trinajstić information content (AvgIpc) is 2.62. The minimum Gasteiger partial charge on any atom is -0.491 e. The maximum absolute atomic E-state index is 12.4. The van der Waals surface area contributed by atoms with Crippen molar-refractivity contribution >= 4 is 16.7 Å². The second-order valence-electron chi connectivity index (χ2n) is 6.18. The van der Waals surface area contributed by atoms with Gasteiger partial charge in [-0.1, -0.05) is 18.1 Å². The Balaban J connectivity index is 1.76. The summed E-state index contributed by atoms with van der Waals surface area (Å²) >= 11 is 0. The monoisotopic (exact) mass is 344 g/mol. The molecular weight excluding hydrogens is 324 g/mol. The molecule has 3 aromatic carbocycles. The van der Waals surface area contributed by atoms with Crippen LogP contribution in [0.5, 0.6) is 11.5 Å². The van der Waals surface area contributed by atoms with Gasteiger partial charge in [0, 0.05) is 5.56 Å². The van der Waals surface area contributed by atoms with Gasteiger partial charge < -0.3 is 9.47 Å². The van der Waals surface area contributed by atoms with E-state index >= 15 is 0 Å². The number of carbonyl (C=O) groups excluding carboxylic acids is 1. The molecule has 0 bridgehead atoms. The molecule has 3 aromatic rings. The van der Waals surface area contributed by atoms with E-state index in [0.29, 0.717) is 11.3 Å². The van der Waals surface area contributed by atoms with Crippen LogP contribution in [0.25, 0.3) is 10.8 Å². The van der Waals surface area contributed by atoms with Crippen molar-refractivity contribution < 1.29 is 14.3 Å². The molecule has 0 N–H and O–H groups in total. The van der Waals surface area contributed by atoms with Gasteiger partial charge in [0.15, 0.2) is 0 Å². The average molecular weight is 344 g/mol. The van der Waals surface area contributed by atoms with Crippen molar-refractivity contribution in [3.63, 3.8) is 0 Å². The van der Waals surface area contributed by atoms with Crippen molar-refractivity contribution in [1.29, 1.82) is 0 Å². The molecular formula is C23H20O3. The number of fused-ring (bicyclic) bond motifs is 1. The smallest absolute Gasteiger partial charge is 0.343 e. The van der Waals surface area contributed by atoms with Crippen molar-refractivity contribution in [1.82, 2.24) is 0 Å². The standard InChI is InChI=1S/C23H20O3/c1-4-5-17-6-7-19-15-20(9-8-18(19)14-17)23(24)26-22-12-10-21(11-13-22)25-16(2)3/h6-16H,1-3H3. The van der Waals surface area contributed by atoms with Crippen LogP contribution in [-0.2, 0) is 0 Å². The zero-order valence-electron chi connectivity index (χ0n) is 15.1. The number of hydrogen-bond acceptors (Lipinski definition) is 3. The van der Waals surface area contributed by atoms with Gasteiger partial charge >= 0.3 is 5.97 Å². The first-order chi connectivity index (χ1) is 12.5. The fourth-order valence-corrected chi connectivity index (χ4v) is 2.62. The molecule has 0 fully saturated rings. The summed E-state index contributed by atoms with van der Waals surface area (Å²) < 4.78 is 11.0. The molecule has 0 spiro atoms. The Bertz CT molecular complexity index is 989. The Labute approximate surface area is 153 Å². The molecule has 0 atom stereocenters. The summed E-state index contributed by atoms with van der Waals surface area (Å²) in [6.07, 6.45) is 0.102. The molecule has 3 heteroatoms.